The van der Waals surface area contributed by atoms with Crippen LogP contribution in [0.4, 0.5) is 26.3 Å². The van der Waals surface area contributed by atoms with Gasteiger partial charge in [0.2, 0.25) is 0 Å². The Labute approximate surface area is 190 Å². The molecule has 0 aliphatic rings. The van der Waals surface area contributed by atoms with E-state index >= 15 is 0 Å². The van der Waals surface area contributed by atoms with Crippen LogP contribution in [0.2, 0.25) is 0 Å². The zero-order valence-electron chi connectivity index (χ0n) is 17.5. The van der Waals surface area contributed by atoms with Crippen molar-refractivity contribution in [1.82, 2.24) is 9.97 Å². The summed E-state index contributed by atoms with van der Waals surface area (Å²) in [5, 5.41) is 9.30. The van der Waals surface area contributed by atoms with Crippen LogP contribution in [0.25, 0.3) is 34.3 Å². The van der Waals surface area contributed by atoms with E-state index in [1.807, 2.05) is 0 Å². The highest BCUT2D eigenvalue weighted by Crippen LogP contribution is 2.40. The highest BCUT2D eigenvalue weighted by Gasteiger charge is 2.35. The van der Waals surface area contributed by atoms with E-state index in [1.54, 1.807) is 24.3 Å². The standard InChI is InChI=1S/C25H18F6N2O/c26-24(27,28)17-8-5-15(6-9-17)7-10-23-32-21-13-19(18-4-2-1-3-16(18)11-12-34)20(25(29,30)31)14-22(21)33-23/h1-10,13-14,34H,11-12H2,(H,32,33)/b10-7+. The van der Waals surface area contributed by atoms with E-state index in [0.717, 1.165) is 18.2 Å². The third-order valence-corrected chi connectivity index (χ3v) is 5.31. The van der Waals surface area contributed by atoms with E-state index in [-0.39, 0.29) is 29.9 Å². The van der Waals surface area contributed by atoms with E-state index in [9.17, 15) is 31.4 Å². The molecular formula is C25H18F6N2O. The van der Waals surface area contributed by atoms with Crippen LogP contribution in [0.3, 0.4) is 0 Å². The molecule has 0 aliphatic heterocycles. The first-order valence-electron chi connectivity index (χ1n) is 10.2. The SMILES string of the molecule is OCCc1ccccc1-c1cc2nc(/C=C/c3ccc(C(F)(F)F)cc3)[nH]c2cc1C(F)(F)F. The lowest BCUT2D eigenvalue weighted by Crippen LogP contribution is -2.08. The average molecular weight is 476 g/mol. The molecule has 9 heteroatoms. The topological polar surface area (TPSA) is 48.9 Å². The van der Waals surface area contributed by atoms with Crippen molar-refractivity contribution in [2.24, 2.45) is 0 Å². The Morgan fingerprint density at radius 2 is 1.53 bits per heavy atom. The molecule has 0 unspecified atom stereocenters. The van der Waals surface area contributed by atoms with Crippen molar-refractivity contribution in [3.05, 3.63) is 88.7 Å². The summed E-state index contributed by atoms with van der Waals surface area (Å²) in [6.45, 7) is -0.206. The van der Waals surface area contributed by atoms with E-state index in [1.165, 1.54) is 30.4 Å². The van der Waals surface area contributed by atoms with Crippen molar-refractivity contribution in [2.75, 3.05) is 6.61 Å². The van der Waals surface area contributed by atoms with Gasteiger partial charge in [-0.05, 0) is 59.0 Å². The fraction of sp³-hybridized carbons (Fsp3) is 0.160. The molecular weight excluding hydrogens is 458 g/mol. The Morgan fingerprint density at radius 1 is 0.824 bits per heavy atom. The van der Waals surface area contributed by atoms with Crippen LogP contribution in [0.1, 0.15) is 28.1 Å². The van der Waals surface area contributed by atoms with Gasteiger partial charge in [0.05, 0.1) is 22.2 Å². The lowest BCUT2D eigenvalue weighted by Gasteiger charge is -2.16. The molecule has 0 saturated carbocycles. The van der Waals surface area contributed by atoms with Crippen molar-refractivity contribution in [2.45, 2.75) is 18.8 Å². The zero-order chi connectivity index (χ0) is 24.5. The number of aromatic nitrogens is 2. The highest BCUT2D eigenvalue weighted by atomic mass is 19.4. The number of aromatic amines is 1. The smallest absolute Gasteiger partial charge is 0.396 e. The highest BCUT2D eigenvalue weighted by molar-refractivity contribution is 5.87. The minimum atomic E-state index is -4.63. The molecule has 0 spiro atoms. The summed E-state index contributed by atoms with van der Waals surface area (Å²) in [6, 6.07) is 13.4. The second kappa shape index (κ2) is 8.98. The fourth-order valence-corrected chi connectivity index (χ4v) is 3.69. The van der Waals surface area contributed by atoms with Gasteiger partial charge in [-0.15, -0.1) is 0 Å². The second-order valence-electron chi connectivity index (χ2n) is 7.62. The van der Waals surface area contributed by atoms with Gasteiger partial charge in [-0.25, -0.2) is 4.98 Å². The third kappa shape index (κ3) is 4.99. The zero-order valence-corrected chi connectivity index (χ0v) is 17.5. The Bertz CT molecular complexity index is 1330. The summed E-state index contributed by atoms with van der Waals surface area (Å²) in [5.74, 6) is 0.254. The number of H-pyrrole nitrogens is 1. The molecule has 34 heavy (non-hydrogen) atoms. The van der Waals surface area contributed by atoms with Crippen LogP contribution in [-0.4, -0.2) is 21.7 Å². The number of fused-ring (bicyclic) bond motifs is 1. The van der Waals surface area contributed by atoms with Crippen LogP contribution in [0, 0.1) is 0 Å². The first-order chi connectivity index (χ1) is 16.1. The number of halogens is 6. The number of imidazole rings is 1. The minimum absolute atomic E-state index is 0.0474. The van der Waals surface area contributed by atoms with Crippen LogP contribution in [-0.2, 0) is 18.8 Å². The molecule has 1 aromatic heterocycles. The minimum Gasteiger partial charge on any atom is -0.396 e. The number of hydrogen-bond donors (Lipinski definition) is 2. The molecule has 0 atom stereocenters. The molecule has 1 heterocycles. The molecule has 2 N–H and O–H groups in total. The maximum absolute atomic E-state index is 13.9. The number of alkyl halides is 6. The predicted molar refractivity (Wildman–Crippen MR) is 118 cm³/mol. The Balaban J connectivity index is 1.74. The molecule has 0 amide bonds. The van der Waals surface area contributed by atoms with Gasteiger partial charge >= 0.3 is 12.4 Å². The summed E-state index contributed by atoms with van der Waals surface area (Å²) >= 11 is 0. The van der Waals surface area contributed by atoms with Crippen LogP contribution < -0.4 is 0 Å². The van der Waals surface area contributed by atoms with E-state index in [0.29, 0.717) is 22.2 Å². The number of aliphatic hydroxyl groups excluding tert-OH is 1. The number of rotatable bonds is 5. The fourth-order valence-electron chi connectivity index (χ4n) is 3.69. The van der Waals surface area contributed by atoms with Gasteiger partial charge in [0, 0.05) is 6.61 Å². The van der Waals surface area contributed by atoms with E-state index in [2.05, 4.69) is 9.97 Å². The lowest BCUT2D eigenvalue weighted by atomic mass is 9.93. The van der Waals surface area contributed by atoms with Crippen molar-refractivity contribution in [3.8, 4) is 11.1 Å². The van der Waals surface area contributed by atoms with Crippen LogP contribution in [0.15, 0.2) is 60.7 Å². The summed E-state index contributed by atoms with van der Waals surface area (Å²) < 4.78 is 79.8. The number of nitrogens with zero attached hydrogens (tertiary/aromatic N) is 1. The molecule has 0 radical (unpaired) electrons. The summed E-state index contributed by atoms with van der Waals surface area (Å²) in [7, 11) is 0. The molecule has 176 valence electrons. The number of aliphatic hydroxyl groups is 1. The molecule has 4 rings (SSSR count). The van der Waals surface area contributed by atoms with Gasteiger partial charge in [0.1, 0.15) is 5.82 Å². The molecule has 3 nitrogen and oxygen atoms in total. The van der Waals surface area contributed by atoms with Gasteiger partial charge < -0.3 is 10.1 Å². The second-order valence-corrected chi connectivity index (χ2v) is 7.62. The van der Waals surface area contributed by atoms with Gasteiger partial charge in [0.25, 0.3) is 0 Å². The number of benzene rings is 3. The maximum atomic E-state index is 13.9. The number of nitrogens with one attached hydrogen (secondary N) is 1. The first-order valence-corrected chi connectivity index (χ1v) is 10.2. The summed E-state index contributed by atoms with van der Waals surface area (Å²) in [5.41, 5.74) is 0.214. The van der Waals surface area contributed by atoms with Crippen LogP contribution in [0.5, 0.6) is 0 Å². The quantitative estimate of drug-likeness (QED) is 0.306. The Hall–Kier alpha value is -3.59. The van der Waals surface area contributed by atoms with Crippen molar-refractivity contribution >= 4 is 23.2 Å². The van der Waals surface area contributed by atoms with E-state index < -0.39 is 23.5 Å². The lowest BCUT2D eigenvalue weighted by molar-refractivity contribution is -0.138. The Morgan fingerprint density at radius 3 is 2.18 bits per heavy atom. The summed E-state index contributed by atoms with van der Waals surface area (Å²) in [4.78, 5) is 7.14. The molecule has 0 bridgehead atoms. The Kier molecular flexibility index (Phi) is 6.22. The van der Waals surface area contributed by atoms with Gasteiger partial charge in [0.15, 0.2) is 0 Å². The summed E-state index contributed by atoms with van der Waals surface area (Å²) in [6.07, 6.45) is -5.87. The molecule has 4 aromatic rings. The van der Waals surface area contributed by atoms with Gasteiger partial charge in [-0.3, -0.25) is 0 Å². The van der Waals surface area contributed by atoms with Gasteiger partial charge in [-0.1, -0.05) is 42.5 Å². The maximum Gasteiger partial charge on any atom is 0.417 e. The van der Waals surface area contributed by atoms with Crippen molar-refractivity contribution < 1.29 is 31.4 Å². The van der Waals surface area contributed by atoms with Crippen molar-refractivity contribution in [3.63, 3.8) is 0 Å². The molecule has 0 aliphatic carbocycles. The van der Waals surface area contributed by atoms with E-state index in [4.69, 9.17) is 0 Å². The van der Waals surface area contributed by atoms with Gasteiger partial charge in [-0.2, -0.15) is 26.3 Å². The number of hydrogen-bond acceptors (Lipinski definition) is 2. The monoisotopic (exact) mass is 476 g/mol. The van der Waals surface area contributed by atoms with Crippen molar-refractivity contribution in [1.29, 1.82) is 0 Å². The normalized spacial score (nSPS) is 12.7. The molecule has 0 fully saturated rings. The third-order valence-electron chi connectivity index (χ3n) is 5.31. The average Bonchev–Trinajstić information content (AvgIpc) is 3.18. The largest absolute Gasteiger partial charge is 0.417 e. The first kappa shape index (κ1) is 23.6. The molecule has 0 saturated heterocycles. The predicted octanol–water partition coefficient (Wildman–Crippen LogP) is 6.97. The molecule has 3 aromatic carbocycles. The van der Waals surface area contributed by atoms with Crippen LogP contribution >= 0.6 is 0 Å².